The largest absolute Gasteiger partial charge is 0.461 e. The summed E-state index contributed by atoms with van der Waals surface area (Å²) in [5.74, 6) is 1.84. The minimum absolute atomic E-state index is 0.00541. The Kier molecular flexibility index (Phi) is 13.2. The smallest absolute Gasteiger partial charge is 0.198 e. The minimum Gasteiger partial charge on any atom is -0.461 e. The van der Waals surface area contributed by atoms with Gasteiger partial charge in [-0.1, -0.05) is 91.7 Å². The molecule has 49 heavy (non-hydrogen) atoms. The molecule has 0 spiro atoms. The van der Waals surface area contributed by atoms with Crippen LogP contribution in [-0.4, -0.2) is 11.6 Å². The number of carbonyl (C=O) groups is 2. The van der Waals surface area contributed by atoms with E-state index in [4.69, 9.17) is 4.42 Å². The first kappa shape index (κ1) is 36.1. The first-order chi connectivity index (χ1) is 23.8. The lowest BCUT2D eigenvalue weighted by molar-refractivity contribution is 0.0954. The molecule has 1 aromatic heterocycles. The second-order valence-electron chi connectivity index (χ2n) is 14.3. The molecular weight excluding hydrogens is 601 g/mol. The number of aryl methyl sites for hydroxylation is 3. The SMILES string of the molecule is CCCC(C)=CC=C(C)c1cccc(CCCC(=O)c2ccc(CC3CCC(c4ccccc4C)CC3)c(CCC(=O)c3ccco3)c2)c1. The zero-order valence-electron chi connectivity index (χ0n) is 30.1. The molecule has 1 aliphatic carbocycles. The Bertz CT molecular complexity index is 1740. The van der Waals surface area contributed by atoms with E-state index in [1.54, 1.807) is 18.4 Å². The van der Waals surface area contributed by atoms with Crippen molar-refractivity contribution in [3.63, 3.8) is 0 Å². The lowest BCUT2D eigenvalue weighted by Gasteiger charge is -2.30. The summed E-state index contributed by atoms with van der Waals surface area (Å²) >= 11 is 0. The highest BCUT2D eigenvalue weighted by Crippen LogP contribution is 2.38. The van der Waals surface area contributed by atoms with Gasteiger partial charge in [0.15, 0.2) is 17.3 Å². The standard InChI is InChI=1S/C46H54O3/c1-5-11-33(2)19-20-34(3)39-15-8-13-36(30-39)14-9-17-44(47)42-26-25-40(41(32-42)27-28-45(48)46-18-10-29-49-46)31-37-21-23-38(24-22-37)43-16-7-6-12-35(43)4/h6-8,10,12-13,15-16,18-20,25-26,29-30,32,37-38H,5,9,11,14,17,21-24,27-28,31H2,1-4H3. The van der Waals surface area contributed by atoms with Gasteiger partial charge >= 0.3 is 0 Å². The summed E-state index contributed by atoms with van der Waals surface area (Å²) in [6.45, 7) is 8.79. The van der Waals surface area contributed by atoms with Crippen molar-refractivity contribution in [2.75, 3.05) is 0 Å². The Labute approximate surface area is 294 Å². The normalized spacial score (nSPS) is 16.9. The van der Waals surface area contributed by atoms with Crippen LogP contribution >= 0.6 is 0 Å². The van der Waals surface area contributed by atoms with Crippen molar-refractivity contribution >= 4 is 17.1 Å². The molecule has 3 heteroatoms. The van der Waals surface area contributed by atoms with Crippen molar-refractivity contribution in [1.82, 2.24) is 0 Å². The van der Waals surface area contributed by atoms with Crippen LogP contribution in [0.25, 0.3) is 5.57 Å². The minimum atomic E-state index is 0.00541. The predicted octanol–water partition coefficient (Wildman–Crippen LogP) is 12.3. The first-order valence-electron chi connectivity index (χ1n) is 18.5. The van der Waals surface area contributed by atoms with E-state index in [1.165, 1.54) is 64.6 Å². The van der Waals surface area contributed by atoms with Crippen LogP contribution in [0.3, 0.4) is 0 Å². The summed E-state index contributed by atoms with van der Waals surface area (Å²) in [4.78, 5) is 26.4. The highest BCUT2D eigenvalue weighted by Gasteiger charge is 2.24. The number of allylic oxidation sites excluding steroid dienone is 4. The molecule has 1 fully saturated rings. The lowest BCUT2D eigenvalue weighted by atomic mass is 9.75. The Balaban J connectivity index is 1.22. The molecule has 0 atom stereocenters. The van der Waals surface area contributed by atoms with Gasteiger partial charge in [-0.15, -0.1) is 0 Å². The van der Waals surface area contributed by atoms with Crippen LogP contribution in [-0.2, 0) is 19.3 Å². The molecule has 0 saturated heterocycles. The maximum absolute atomic E-state index is 13.5. The topological polar surface area (TPSA) is 47.3 Å². The monoisotopic (exact) mass is 654 g/mol. The molecule has 0 radical (unpaired) electrons. The van der Waals surface area contributed by atoms with Gasteiger partial charge in [-0.2, -0.15) is 0 Å². The molecule has 4 aromatic rings. The summed E-state index contributed by atoms with van der Waals surface area (Å²) < 4.78 is 5.37. The summed E-state index contributed by atoms with van der Waals surface area (Å²) in [6, 6.07) is 27.3. The van der Waals surface area contributed by atoms with Gasteiger partial charge in [-0.3, -0.25) is 9.59 Å². The number of ketones is 2. The van der Waals surface area contributed by atoms with E-state index in [2.05, 4.69) is 101 Å². The highest BCUT2D eigenvalue weighted by atomic mass is 16.3. The Morgan fingerprint density at radius 2 is 1.57 bits per heavy atom. The first-order valence-corrected chi connectivity index (χ1v) is 18.5. The third-order valence-electron chi connectivity index (χ3n) is 10.4. The van der Waals surface area contributed by atoms with E-state index >= 15 is 0 Å². The van der Waals surface area contributed by atoms with Gasteiger partial charge in [-0.05, 0) is 148 Å². The second-order valence-corrected chi connectivity index (χ2v) is 14.3. The fourth-order valence-corrected chi connectivity index (χ4v) is 7.48. The van der Waals surface area contributed by atoms with Gasteiger partial charge in [0.05, 0.1) is 6.26 Å². The molecule has 0 aliphatic heterocycles. The van der Waals surface area contributed by atoms with Gasteiger partial charge < -0.3 is 4.42 Å². The number of hydrogen-bond acceptors (Lipinski definition) is 3. The van der Waals surface area contributed by atoms with Crippen molar-refractivity contribution in [3.8, 4) is 0 Å². The number of hydrogen-bond donors (Lipinski definition) is 0. The van der Waals surface area contributed by atoms with E-state index in [-0.39, 0.29) is 11.6 Å². The van der Waals surface area contributed by atoms with Crippen molar-refractivity contribution in [3.05, 3.63) is 148 Å². The predicted molar refractivity (Wildman–Crippen MR) is 203 cm³/mol. The molecule has 0 unspecified atom stereocenters. The van der Waals surface area contributed by atoms with E-state index in [9.17, 15) is 9.59 Å². The van der Waals surface area contributed by atoms with E-state index in [0.29, 0.717) is 36.9 Å². The molecule has 1 heterocycles. The van der Waals surface area contributed by atoms with E-state index in [0.717, 1.165) is 43.2 Å². The van der Waals surface area contributed by atoms with E-state index in [1.807, 2.05) is 6.07 Å². The molecule has 3 nitrogen and oxygen atoms in total. The summed E-state index contributed by atoms with van der Waals surface area (Å²) in [5.41, 5.74) is 11.2. The van der Waals surface area contributed by atoms with Crippen molar-refractivity contribution in [2.24, 2.45) is 5.92 Å². The Morgan fingerprint density at radius 1 is 0.755 bits per heavy atom. The Morgan fingerprint density at radius 3 is 2.33 bits per heavy atom. The average Bonchev–Trinajstić information content (AvgIpc) is 3.66. The molecule has 3 aromatic carbocycles. The molecular formula is C46H54O3. The molecule has 0 bridgehead atoms. The lowest BCUT2D eigenvalue weighted by Crippen LogP contribution is -2.17. The zero-order chi connectivity index (χ0) is 34.6. The van der Waals surface area contributed by atoms with Crippen LogP contribution < -0.4 is 0 Å². The fourth-order valence-electron chi connectivity index (χ4n) is 7.48. The van der Waals surface area contributed by atoms with Gasteiger partial charge in [0.1, 0.15) is 0 Å². The van der Waals surface area contributed by atoms with Gasteiger partial charge in [0, 0.05) is 18.4 Å². The summed E-state index contributed by atoms with van der Waals surface area (Å²) in [5, 5.41) is 0. The van der Waals surface area contributed by atoms with Gasteiger partial charge in [0.25, 0.3) is 0 Å². The van der Waals surface area contributed by atoms with Crippen LogP contribution in [0.15, 0.2) is 107 Å². The fraction of sp³-hybridized carbons (Fsp3) is 0.391. The van der Waals surface area contributed by atoms with Crippen LogP contribution in [0.4, 0.5) is 0 Å². The number of benzene rings is 3. The van der Waals surface area contributed by atoms with Crippen molar-refractivity contribution in [2.45, 2.75) is 111 Å². The molecule has 5 rings (SSSR count). The van der Waals surface area contributed by atoms with Crippen LogP contribution in [0.5, 0.6) is 0 Å². The number of rotatable bonds is 16. The second kappa shape index (κ2) is 18.0. The van der Waals surface area contributed by atoms with Gasteiger partial charge in [0.2, 0.25) is 0 Å². The molecule has 1 saturated carbocycles. The van der Waals surface area contributed by atoms with Crippen molar-refractivity contribution < 1.29 is 14.0 Å². The number of Topliss-reactive ketones (excluding diaryl/α,β-unsaturated/α-hetero) is 2. The Hall–Kier alpha value is -4.24. The van der Waals surface area contributed by atoms with E-state index < -0.39 is 0 Å². The molecule has 256 valence electrons. The van der Waals surface area contributed by atoms with Gasteiger partial charge in [-0.25, -0.2) is 0 Å². The molecule has 0 N–H and O–H groups in total. The highest BCUT2D eigenvalue weighted by molar-refractivity contribution is 5.96. The maximum Gasteiger partial charge on any atom is 0.198 e. The summed E-state index contributed by atoms with van der Waals surface area (Å²) in [6.07, 6.45) is 17.3. The third-order valence-corrected chi connectivity index (χ3v) is 10.4. The van der Waals surface area contributed by atoms with Crippen molar-refractivity contribution in [1.29, 1.82) is 0 Å². The third kappa shape index (κ3) is 10.4. The average molecular weight is 655 g/mol. The van der Waals surface area contributed by atoms with Crippen LogP contribution in [0.1, 0.15) is 139 Å². The molecule has 0 amide bonds. The quantitative estimate of drug-likeness (QED) is 0.0892. The number of furan rings is 1. The van der Waals surface area contributed by atoms with Crippen LogP contribution in [0, 0.1) is 12.8 Å². The van der Waals surface area contributed by atoms with Crippen LogP contribution in [0.2, 0.25) is 0 Å². The maximum atomic E-state index is 13.5. The summed E-state index contributed by atoms with van der Waals surface area (Å²) in [7, 11) is 0. The zero-order valence-corrected chi connectivity index (χ0v) is 30.1. The molecule has 1 aliphatic rings. The number of carbonyl (C=O) groups excluding carboxylic acids is 2.